The van der Waals surface area contributed by atoms with E-state index in [1.165, 1.54) is 5.56 Å². The van der Waals surface area contributed by atoms with Gasteiger partial charge in [0, 0.05) is 18.9 Å². The fourth-order valence-electron chi connectivity index (χ4n) is 2.83. The molecule has 3 rings (SSSR count). The van der Waals surface area contributed by atoms with Gasteiger partial charge in [0.05, 0.1) is 17.3 Å². The molecule has 0 saturated heterocycles. The predicted octanol–water partition coefficient (Wildman–Crippen LogP) is 4.13. The van der Waals surface area contributed by atoms with E-state index in [-0.39, 0.29) is 11.9 Å². The van der Waals surface area contributed by atoms with Crippen LogP contribution in [-0.2, 0) is 0 Å². The van der Waals surface area contributed by atoms with Gasteiger partial charge in [0.15, 0.2) is 0 Å². The van der Waals surface area contributed by atoms with Gasteiger partial charge in [-0.3, -0.25) is 9.78 Å². The molecule has 27 heavy (non-hydrogen) atoms. The van der Waals surface area contributed by atoms with Gasteiger partial charge < -0.3 is 10.6 Å². The van der Waals surface area contributed by atoms with Gasteiger partial charge in [0.2, 0.25) is 0 Å². The number of anilines is 1. The second-order valence-corrected chi connectivity index (χ2v) is 6.43. The molecular weight excluding hydrogens is 336 g/mol. The number of nitrogens with zero attached hydrogens (tertiary/aromatic N) is 2. The van der Waals surface area contributed by atoms with E-state index in [0.717, 1.165) is 17.7 Å². The summed E-state index contributed by atoms with van der Waals surface area (Å²) in [7, 11) is 0. The Kier molecular flexibility index (Phi) is 6.15. The number of aromatic nitrogens is 2. The SMILES string of the molecule is CCCNC(=O)c1ccc(NC(c2cccc(C)c2)c2ccccn2)nc1. The van der Waals surface area contributed by atoms with Gasteiger partial charge in [-0.1, -0.05) is 42.8 Å². The summed E-state index contributed by atoms with van der Waals surface area (Å²) in [5.74, 6) is 0.593. The molecule has 2 heterocycles. The van der Waals surface area contributed by atoms with E-state index in [0.29, 0.717) is 17.9 Å². The van der Waals surface area contributed by atoms with Gasteiger partial charge in [-0.15, -0.1) is 0 Å². The van der Waals surface area contributed by atoms with Crippen LogP contribution in [-0.4, -0.2) is 22.4 Å². The third-order valence-electron chi connectivity index (χ3n) is 4.21. The average molecular weight is 360 g/mol. The number of carbonyl (C=O) groups excluding carboxylic acids is 1. The van der Waals surface area contributed by atoms with Crippen LogP contribution in [0.3, 0.4) is 0 Å². The first kappa shape index (κ1) is 18.6. The summed E-state index contributed by atoms with van der Waals surface area (Å²) in [6.45, 7) is 4.75. The van der Waals surface area contributed by atoms with Crippen LogP contribution in [0, 0.1) is 6.92 Å². The molecular formula is C22H24N4O. The lowest BCUT2D eigenvalue weighted by molar-refractivity contribution is 0.0953. The van der Waals surface area contributed by atoms with E-state index >= 15 is 0 Å². The Bertz CT molecular complexity index is 878. The molecule has 5 heteroatoms. The maximum atomic E-state index is 12.0. The summed E-state index contributed by atoms with van der Waals surface area (Å²) in [6.07, 6.45) is 4.29. The molecule has 1 amide bonds. The van der Waals surface area contributed by atoms with Crippen LogP contribution in [0.5, 0.6) is 0 Å². The Labute approximate surface area is 159 Å². The van der Waals surface area contributed by atoms with E-state index in [2.05, 4.69) is 45.7 Å². The summed E-state index contributed by atoms with van der Waals surface area (Å²) in [4.78, 5) is 21.0. The molecule has 0 fully saturated rings. The fraction of sp³-hybridized carbons (Fsp3) is 0.227. The molecule has 0 radical (unpaired) electrons. The summed E-state index contributed by atoms with van der Waals surface area (Å²) in [6, 6.07) is 17.7. The van der Waals surface area contributed by atoms with Crippen LogP contribution in [0.15, 0.2) is 67.0 Å². The van der Waals surface area contributed by atoms with Crippen LogP contribution in [0.4, 0.5) is 5.82 Å². The number of benzene rings is 1. The van der Waals surface area contributed by atoms with Crippen molar-refractivity contribution in [1.82, 2.24) is 15.3 Å². The monoisotopic (exact) mass is 360 g/mol. The van der Waals surface area contributed by atoms with Crippen molar-refractivity contribution in [3.63, 3.8) is 0 Å². The smallest absolute Gasteiger partial charge is 0.252 e. The molecule has 3 aromatic rings. The van der Waals surface area contributed by atoms with Crippen molar-refractivity contribution >= 4 is 11.7 Å². The predicted molar refractivity (Wildman–Crippen MR) is 108 cm³/mol. The van der Waals surface area contributed by atoms with Gasteiger partial charge in [0.1, 0.15) is 5.82 Å². The second kappa shape index (κ2) is 8.94. The molecule has 2 aromatic heterocycles. The van der Waals surface area contributed by atoms with Crippen LogP contribution in [0.25, 0.3) is 0 Å². The lowest BCUT2D eigenvalue weighted by atomic mass is 10.0. The number of hydrogen-bond acceptors (Lipinski definition) is 4. The Morgan fingerprint density at radius 1 is 1.07 bits per heavy atom. The Morgan fingerprint density at radius 2 is 1.96 bits per heavy atom. The molecule has 1 aromatic carbocycles. The average Bonchev–Trinajstić information content (AvgIpc) is 2.71. The number of rotatable bonds is 7. The third-order valence-corrected chi connectivity index (χ3v) is 4.21. The summed E-state index contributed by atoms with van der Waals surface area (Å²) < 4.78 is 0. The molecule has 0 bridgehead atoms. The number of pyridine rings is 2. The lowest BCUT2D eigenvalue weighted by Gasteiger charge is -2.20. The molecule has 0 spiro atoms. The van der Waals surface area contributed by atoms with Crippen molar-refractivity contribution in [2.24, 2.45) is 0 Å². The molecule has 5 nitrogen and oxygen atoms in total. The van der Waals surface area contributed by atoms with Gasteiger partial charge in [0.25, 0.3) is 5.91 Å². The van der Waals surface area contributed by atoms with Gasteiger partial charge >= 0.3 is 0 Å². The number of aryl methyl sites for hydroxylation is 1. The van der Waals surface area contributed by atoms with Crippen molar-refractivity contribution in [2.45, 2.75) is 26.3 Å². The Morgan fingerprint density at radius 3 is 2.63 bits per heavy atom. The molecule has 0 aliphatic heterocycles. The summed E-state index contributed by atoms with van der Waals surface area (Å²) >= 11 is 0. The highest BCUT2D eigenvalue weighted by Gasteiger charge is 2.16. The molecule has 0 aliphatic rings. The van der Waals surface area contributed by atoms with Crippen LogP contribution in [0.2, 0.25) is 0 Å². The molecule has 1 atom stereocenters. The second-order valence-electron chi connectivity index (χ2n) is 6.43. The standard InChI is InChI=1S/C22H24N4O/c1-3-12-24-22(27)18-10-11-20(25-15-18)26-21(19-9-4-5-13-23-19)17-8-6-7-16(2)14-17/h4-11,13-15,21H,3,12H2,1-2H3,(H,24,27)(H,25,26). The Balaban J connectivity index is 1.83. The number of hydrogen-bond donors (Lipinski definition) is 2. The first-order valence-electron chi connectivity index (χ1n) is 9.15. The molecule has 138 valence electrons. The highest BCUT2D eigenvalue weighted by atomic mass is 16.1. The minimum Gasteiger partial charge on any atom is -0.358 e. The van der Waals surface area contributed by atoms with E-state index < -0.39 is 0 Å². The first-order valence-corrected chi connectivity index (χ1v) is 9.15. The van der Waals surface area contributed by atoms with Crippen molar-refractivity contribution in [2.75, 3.05) is 11.9 Å². The zero-order chi connectivity index (χ0) is 19.1. The van der Waals surface area contributed by atoms with Crippen LogP contribution >= 0.6 is 0 Å². The quantitative estimate of drug-likeness (QED) is 0.665. The minimum absolute atomic E-state index is 0.101. The van der Waals surface area contributed by atoms with E-state index in [4.69, 9.17) is 0 Å². The molecule has 0 aliphatic carbocycles. The van der Waals surface area contributed by atoms with Gasteiger partial charge in [-0.25, -0.2) is 4.98 Å². The summed E-state index contributed by atoms with van der Waals surface area (Å²) in [5.41, 5.74) is 3.76. The summed E-state index contributed by atoms with van der Waals surface area (Å²) in [5, 5.41) is 6.30. The third kappa shape index (κ3) is 4.91. The molecule has 0 saturated carbocycles. The van der Waals surface area contributed by atoms with E-state index in [9.17, 15) is 4.79 Å². The number of nitrogens with one attached hydrogen (secondary N) is 2. The molecule has 2 N–H and O–H groups in total. The number of amides is 1. The largest absolute Gasteiger partial charge is 0.358 e. The van der Waals surface area contributed by atoms with Crippen molar-refractivity contribution in [3.05, 3.63) is 89.4 Å². The zero-order valence-electron chi connectivity index (χ0n) is 15.6. The zero-order valence-corrected chi connectivity index (χ0v) is 15.6. The minimum atomic E-state index is -0.127. The van der Waals surface area contributed by atoms with Crippen molar-refractivity contribution in [3.8, 4) is 0 Å². The first-order chi connectivity index (χ1) is 13.2. The number of carbonyl (C=O) groups is 1. The van der Waals surface area contributed by atoms with Crippen LogP contribution < -0.4 is 10.6 Å². The maximum absolute atomic E-state index is 12.0. The van der Waals surface area contributed by atoms with Crippen molar-refractivity contribution in [1.29, 1.82) is 0 Å². The van der Waals surface area contributed by atoms with E-state index in [1.807, 2.05) is 37.3 Å². The van der Waals surface area contributed by atoms with E-state index in [1.54, 1.807) is 18.5 Å². The van der Waals surface area contributed by atoms with Crippen LogP contribution in [0.1, 0.15) is 46.6 Å². The highest BCUT2D eigenvalue weighted by molar-refractivity contribution is 5.94. The van der Waals surface area contributed by atoms with Gasteiger partial charge in [-0.05, 0) is 43.2 Å². The fourth-order valence-corrected chi connectivity index (χ4v) is 2.83. The lowest BCUT2D eigenvalue weighted by Crippen LogP contribution is -2.24. The highest BCUT2D eigenvalue weighted by Crippen LogP contribution is 2.25. The Hall–Kier alpha value is -3.21. The topological polar surface area (TPSA) is 66.9 Å². The van der Waals surface area contributed by atoms with Gasteiger partial charge in [-0.2, -0.15) is 0 Å². The van der Waals surface area contributed by atoms with Crippen molar-refractivity contribution < 1.29 is 4.79 Å². The molecule has 1 unspecified atom stereocenters. The maximum Gasteiger partial charge on any atom is 0.252 e. The normalized spacial score (nSPS) is 11.6.